The van der Waals surface area contributed by atoms with Gasteiger partial charge in [-0.3, -0.25) is 0 Å². The van der Waals surface area contributed by atoms with Crippen molar-refractivity contribution in [1.29, 1.82) is 5.26 Å². The van der Waals surface area contributed by atoms with Crippen LogP contribution in [0, 0.1) is 11.3 Å². The summed E-state index contributed by atoms with van der Waals surface area (Å²) in [5.41, 5.74) is 0.0352. The van der Waals surface area contributed by atoms with Gasteiger partial charge in [-0.2, -0.15) is 18.4 Å². The third kappa shape index (κ3) is 2.47. The molecule has 20 heavy (non-hydrogen) atoms. The fourth-order valence-electron chi connectivity index (χ4n) is 1.75. The summed E-state index contributed by atoms with van der Waals surface area (Å²) in [6, 6.07) is 4.82. The van der Waals surface area contributed by atoms with Gasteiger partial charge in [0.2, 0.25) is 0 Å². The number of nitriles is 1. The molecule has 0 radical (unpaired) electrons. The zero-order valence-corrected chi connectivity index (χ0v) is 11.0. The molecule has 1 aromatic heterocycles. The number of halogens is 4. The fraction of sp³-hybridized carbons (Fsp3) is 0.250. The minimum Gasteiger partial charge on any atom is -0.215 e. The van der Waals surface area contributed by atoms with Gasteiger partial charge in [-0.1, -0.05) is 23.7 Å². The van der Waals surface area contributed by atoms with Gasteiger partial charge in [0.15, 0.2) is 5.69 Å². The Hall–Kier alpha value is -2.07. The highest BCUT2D eigenvalue weighted by atomic mass is 35.5. The van der Waals surface area contributed by atoms with Crippen molar-refractivity contribution in [2.75, 3.05) is 0 Å². The van der Waals surface area contributed by atoms with Crippen LogP contribution in [0.1, 0.15) is 23.9 Å². The zero-order chi connectivity index (χ0) is 14.9. The molecule has 0 N–H and O–H groups in total. The molecule has 1 aromatic carbocycles. The Morgan fingerprint density at radius 1 is 1.40 bits per heavy atom. The molecule has 0 aliphatic rings. The lowest BCUT2D eigenvalue weighted by Crippen LogP contribution is -2.07. The van der Waals surface area contributed by atoms with Crippen LogP contribution in [-0.4, -0.2) is 15.0 Å². The lowest BCUT2D eigenvalue weighted by atomic mass is 10.2. The summed E-state index contributed by atoms with van der Waals surface area (Å²) in [7, 11) is 0. The van der Waals surface area contributed by atoms with Gasteiger partial charge >= 0.3 is 6.18 Å². The molecule has 0 aliphatic carbocycles. The summed E-state index contributed by atoms with van der Waals surface area (Å²) in [5.74, 6) is 0. The molecule has 0 aliphatic heterocycles. The van der Waals surface area contributed by atoms with E-state index in [1.165, 1.54) is 10.7 Å². The van der Waals surface area contributed by atoms with Crippen molar-refractivity contribution in [2.45, 2.75) is 19.5 Å². The number of rotatable bonds is 2. The van der Waals surface area contributed by atoms with E-state index >= 15 is 0 Å². The van der Waals surface area contributed by atoms with Crippen molar-refractivity contribution in [2.24, 2.45) is 0 Å². The summed E-state index contributed by atoms with van der Waals surface area (Å²) in [5, 5.41) is 16.2. The lowest BCUT2D eigenvalue weighted by Gasteiger charge is -2.11. The standard InChI is InChI=1S/C12H8ClF3N4/c1-2-10-9(6-17)18-19-20(10)11-4-3-7(5-8(11)13)12(14,15)16/h3-5H,2H2,1H3. The average Bonchev–Trinajstić information content (AvgIpc) is 2.80. The van der Waals surface area contributed by atoms with Crippen molar-refractivity contribution in [3.63, 3.8) is 0 Å². The topological polar surface area (TPSA) is 54.5 Å². The Balaban J connectivity index is 2.55. The number of hydrogen-bond acceptors (Lipinski definition) is 3. The Labute approximate surface area is 117 Å². The van der Waals surface area contributed by atoms with E-state index in [9.17, 15) is 13.2 Å². The van der Waals surface area contributed by atoms with E-state index in [4.69, 9.17) is 16.9 Å². The number of aromatic nitrogens is 3. The van der Waals surface area contributed by atoms with E-state index in [1.807, 2.05) is 6.07 Å². The first kappa shape index (κ1) is 14.3. The van der Waals surface area contributed by atoms with Gasteiger partial charge in [0.1, 0.15) is 6.07 Å². The van der Waals surface area contributed by atoms with Crippen molar-refractivity contribution in [1.82, 2.24) is 15.0 Å². The SMILES string of the molecule is CCc1c(C#N)nnn1-c1ccc(C(F)(F)F)cc1Cl. The monoisotopic (exact) mass is 300 g/mol. The second-order valence-corrected chi connectivity index (χ2v) is 4.33. The van der Waals surface area contributed by atoms with E-state index in [0.29, 0.717) is 12.1 Å². The van der Waals surface area contributed by atoms with Gasteiger partial charge in [0.25, 0.3) is 0 Å². The van der Waals surface area contributed by atoms with Crippen LogP contribution in [0.3, 0.4) is 0 Å². The minimum atomic E-state index is -4.46. The smallest absolute Gasteiger partial charge is 0.215 e. The van der Waals surface area contributed by atoms with Gasteiger partial charge in [-0.25, -0.2) is 4.68 Å². The van der Waals surface area contributed by atoms with Crippen molar-refractivity contribution in [3.05, 3.63) is 40.2 Å². The number of nitrogens with zero attached hydrogens (tertiary/aromatic N) is 4. The van der Waals surface area contributed by atoms with Gasteiger partial charge in [-0.05, 0) is 24.6 Å². The minimum absolute atomic E-state index is 0.107. The Morgan fingerprint density at radius 2 is 2.10 bits per heavy atom. The highest BCUT2D eigenvalue weighted by Gasteiger charge is 2.31. The highest BCUT2D eigenvalue weighted by Crippen LogP contribution is 2.33. The Bertz CT molecular complexity index is 685. The summed E-state index contributed by atoms with van der Waals surface area (Å²) >= 11 is 5.88. The van der Waals surface area contributed by atoms with E-state index in [1.54, 1.807) is 6.92 Å². The van der Waals surface area contributed by atoms with Crippen molar-refractivity contribution in [3.8, 4) is 11.8 Å². The molecule has 104 valence electrons. The van der Waals surface area contributed by atoms with Crippen LogP contribution >= 0.6 is 11.6 Å². The summed E-state index contributed by atoms with van der Waals surface area (Å²) in [6.45, 7) is 1.79. The maximum atomic E-state index is 12.6. The van der Waals surface area contributed by atoms with E-state index < -0.39 is 11.7 Å². The molecule has 0 saturated carbocycles. The third-order valence-corrected chi connectivity index (χ3v) is 3.01. The lowest BCUT2D eigenvalue weighted by molar-refractivity contribution is -0.137. The van der Waals surface area contributed by atoms with Crippen LogP contribution < -0.4 is 0 Å². The van der Waals surface area contributed by atoms with Gasteiger partial charge in [0, 0.05) is 0 Å². The molecule has 2 rings (SSSR count). The van der Waals surface area contributed by atoms with Crippen LogP contribution in [0.4, 0.5) is 13.2 Å². The molecule has 0 atom stereocenters. The van der Waals surface area contributed by atoms with E-state index in [-0.39, 0.29) is 16.4 Å². The fourth-order valence-corrected chi connectivity index (χ4v) is 2.01. The molecule has 0 saturated heterocycles. The first-order valence-electron chi connectivity index (χ1n) is 5.60. The molecule has 0 spiro atoms. The molecule has 8 heteroatoms. The highest BCUT2D eigenvalue weighted by molar-refractivity contribution is 6.32. The molecule has 0 fully saturated rings. The number of hydrogen-bond donors (Lipinski definition) is 0. The van der Waals surface area contributed by atoms with E-state index in [2.05, 4.69) is 10.3 Å². The summed E-state index contributed by atoms with van der Waals surface area (Å²) < 4.78 is 39.0. The van der Waals surface area contributed by atoms with Gasteiger partial charge in [-0.15, -0.1) is 5.10 Å². The van der Waals surface area contributed by atoms with Crippen LogP contribution in [0.5, 0.6) is 0 Å². The summed E-state index contributed by atoms with van der Waals surface area (Å²) in [6.07, 6.45) is -4.01. The molecule has 0 unspecified atom stereocenters. The maximum absolute atomic E-state index is 12.6. The van der Waals surface area contributed by atoms with Crippen molar-refractivity contribution < 1.29 is 13.2 Å². The molecule has 0 bridgehead atoms. The van der Waals surface area contributed by atoms with Crippen LogP contribution in [0.2, 0.25) is 5.02 Å². The summed E-state index contributed by atoms with van der Waals surface area (Å²) in [4.78, 5) is 0. The second kappa shape index (κ2) is 5.13. The first-order valence-corrected chi connectivity index (χ1v) is 5.98. The third-order valence-electron chi connectivity index (χ3n) is 2.71. The zero-order valence-electron chi connectivity index (χ0n) is 10.2. The largest absolute Gasteiger partial charge is 0.416 e. The quantitative estimate of drug-likeness (QED) is 0.854. The molecular formula is C12H8ClF3N4. The maximum Gasteiger partial charge on any atom is 0.416 e. The normalized spacial score (nSPS) is 11.4. The molecule has 2 aromatic rings. The van der Waals surface area contributed by atoms with Crippen LogP contribution in [0.15, 0.2) is 18.2 Å². The second-order valence-electron chi connectivity index (χ2n) is 3.93. The van der Waals surface area contributed by atoms with Crippen molar-refractivity contribution >= 4 is 11.6 Å². The first-order chi connectivity index (χ1) is 9.38. The number of alkyl halides is 3. The molecular weight excluding hydrogens is 293 g/mol. The molecule has 0 amide bonds. The van der Waals surface area contributed by atoms with E-state index in [0.717, 1.165) is 12.1 Å². The van der Waals surface area contributed by atoms with Crippen LogP contribution in [-0.2, 0) is 12.6 Å². The number of benzene rings is 1. The average molecular weight is 301 g/mol. The van der Waals surface area contributed by atoms with Gasteiger partial charge in [0.05, 0.1) is 22.0 Å². The Kier molecular flexibility index (Phi) is 3.68. The van der Waals surface area contributed by atoms with Gasteiger partial charge < -0.3 is 0 Å². The molecule has 1 heterocycles. The predicted octanol–water partition coefficient (Wildman–Crippen LogP) is 3.37. The van der Waals surface area contributed by atoms with Crippen LogP contribution in [0.25, 0.3) is 5.69 Å². The predicted molar refractivity (Wildman–Crippen MR) is 65.5 cm³/mol. The molecule has 4 nitrogen and oxygen atoms in total. The Morgan fingerprint density at radius 3 is 2.60 bits per heavy atom.